The molecule has 0 aliphatic carbocycles. The van der Waals surface area contributed by atoms with Crippen LogP contribution in [0.2, 0.25) is 0 Å². The fourth-order valence-electron chi connectivity index (χ4n) is 3.39. The van der Waals surface area contributed by atoms with E-state index in [4.69, 9.17) is 18.9 Å². The maximum Gasteiger partial charge on any atom is 0.251 e. The van der Waals surface area contributed by atoms with Gasteiger partial charge in [-0.15, -0.1) is 0 Å². The molecule has 0 aromatic heterocycles. The van der Waals surface area contributed by atoms with Crippen molar-refractivity contribution in [1.29, 1.82) is 0 Å². The molecule has 5 rings (SSSR count). The van der Waals surface area contributed by atoms with Crippen molar-refractivity contribution in [2.75, 3.05) is 20.6 Å². The average molecular weight is 349 g/mol. The van der Waals surface area contributed by atoms with Gasteiger partial charge in [0.1, 0.15) is 0 Å². The smallest absolute Gasteiger partial charge is 0.251 e. The summed E-state index contributed by atoms with van der Waals surface area (Å²) in [5.41, 5.74) is 2.36. The van der Waals surface area contributed by atoms with E-state index in [0.717, 1.165) is 21.9 Å². The second-order valence-electron chi connectivity index (χ2n) is 6.07. The third-order valence-corrected chi connectivity index (χ3v) is 4.62. The van der Waals surface area contributed by atoms with Crippen LogP contribution in [-0.2, 0) is 0 Å². The molecule has 2 heterocycles. The molecular weight excluding hydrogens is 334 g/mol. The summed E-state index contributed by atoms with van der Waals surface area (Å²) < 4.78 is 22.1. The standard InChI is InChI=1S/C20H15NO5/c1-21-20(22)13-6-12-3-5-16-19(26-10-24-16)18(12)14(7-13)11-2-4-15-17(8-11)25-9-23-15/h2-8H,9-10H2,1H3,(H,21,22). The first-order valence-corrected chi connectivity index (χ1v) is 8.23. The van der Waals surface area contributed by atoms with Crippen molar-refractivity contribution in [2.45, 2.75) is 0 Å². The molecule has 0 radical (unpaired) electrons. The lowest BCUT2D eigenvalue weighted by Gasteiger charge is -2.13. The number of rotatable bonds is 2. The third-order valence-electron chi connectivity index (χ3n) is 4.62. The molecule has 1 N–H and O–H groups in total. The van der Waals surface area contributed by atoms with E-state index in [-0.39, 0.29) is 19.5 Å². The molecule has 6 nitrogen and oxygen atoms in total. The number of amides is 1. The maximum atomic E-state index is 12.2. The van der Waals surface area contributed by atoms with Gasteiger partial charge < -0.3 is 24.3 Å². The number of hydrogen-bond acceptors (Lipinski definition) is 5. The normalized spacial score (nSPS) is 13.9. The predicted molar refractivity (Wildman–Crippen MR) is 95.0 cm³/mol. The Morgan fingerprint density at radius 3 is 2.54 bits per heavy atom. The molecular formula is C20H15NO5. The molecule has 0 fully saturated rings. The first kappa shape index (κ1) is 14.9. The second-order valence-corrected chi connectivity index (χ2v) is 6.07. The fourth-order valence-corrected chi connectivity index (χ4v) is 3.39. The number of carbonyl (C=O) groups excluding carboxylic acids is 1. The van der Waals surface area contributed by atoms with Gasteiger partial charge in [-0.3, -0.25) is 4.79 Å². The van der Waals surface area contributed by atoms with E-state index in [1.807, 2.05) is 42.5 Å². The highest BCUT2D eigenvalue weighted by Gasteiger charge is 2.22. The number of nitrogens with one attached hydrogen (secondary N) is 1. The Bertz CT molecular complexity index is 1060. The van der Waals surface area contributed by atoms with Crippen molar-refractivity contribution >= 4 is 16.7 Å². The Morgan fingerprint density at radius 1 is 0.885 bits per heavy atom. The molecule has 2 aliphatic heterocycles. The van der Waals surface area contributed by atoms with Crippen molar-refractivity contribution in [3.8, 4) is 34.1 Å². The third kappa shape index (κ3) is 2.15. The largest absolute Gasteiger partial charge is 0.454 e. The quantitative estimate of drug-likeness (QED) is 0.769. The van der Waals surface area contributed by atoms with Crippen LogP contribution in [0.5, 0.6) is 23.0 Å². The monoisotopic (exact) mass is 349 g/mol. The minimum absolute atomic E-state index is 0.147. The van der Waals surface area contributed by atoms with Gasteiger partial charge in [0.05, 0.1) is 0 Å². The highest BCUT2D eigenvalue weighted by molar-refractivity contribution is 6.08. The van der Waals surface area contributed by atoms with Gasteiger partial charge in [0.25, 0.3) is 5.91 Å². The number of carbonyl (C=O) groups is 1. The molecule has 3 aromatic rings. The molecule has 0 spiro atoms. The fraction of sp³-hybridized carbons (Fsp3) is 0.150. The number of benzene rings is 3. The van der Waals surface area contributed by atoms with Crippen LogP contribution in [0.25, 0.3) is 21.9 Å². The SMILES string of the molecule is CNC(=O)c1cc(-c2ccc3c(c2)OCO3)c2c3c(ccc2c1)OCO3. The van der Waals surface area contributed by atoms with Gasteiger partial charge in [-0.2, -0.15) is 0 Å². The summed E-state index contributed by atoms with van der Waals surface area (Å²) in [6.45, 7) is 0.399. The van der Waals surface area contributed by atoms with E-state index in [1.165, 1.54) is 0 Å². The van der Waals surface area contributed by atoms with Gasteiger partial charge in [0.15, 0.2) is 23.0 Å². The summed E-state index contributed by atoms with van der Waals surface area (Å²) in [6, 6.07) is 13.3. The van der Waals surface area contributed by atoms with Crippen molar-refractivity contribution in [3.63, 3.8) is 0 Å². The van der Waals surface area contributed by atoms with E-state index in [0.29, 0.717) is 28.6 Å². The van der Waals surface area contributed by atoms with E-state index >= 15 is 0 Å². The van der Waals surface area contributed by atoms with Crippen LogP contribution >= 0.6 is 0 Å². The van der Waals surface area contributed by atoms with Gasteiger partial charge in [-0.05, 0) is 46.8 Å². The minimum atomic E-state index is -0.147. The van der Waals surface area contributed by atoms with Gasteiger partial charge in [0, 0.05) is 18.0 Å². The topological polar surface area (TPSA) is 66.0 Å². The van der Waals surface area contributed by atoms with Gasteiger partial charge in [-0.1, -0.05) is 12.1 Å². The van der Waals surface area contributed by atoms with E-state index in [1.54, 1.807) is 7.05 Å². The van der Waals surface area contributed by atoms with E-state index in [9.17, 15) is 4.79 Å². The minimum Gasteiger partial charge on any atom is -0.454 e. The predicted octanol–water partition coefficient (Wildman–Crippen LogP) is 3.32. The first-order valence-electron chi connectivity index (χ1n) is 8.23. The Kier molecular flexibility index (Phi) is 3.18. The molecule has 0 unspecified atom stereocenters. The lowest BCUT2D eigenvalue weighted by molar-refractivity contribution is 0.0963. The summed E-state index contributed by atoms with van der Waals surface area (Å²) in [4.78, 5) is 12.2. The van der Waals surface area contributed by atoms with Crippen LogP contribution in [0, 0.1) is 0 Å². The Morgan fingerprint density at radius 2 is 1.65 bits per heavy atom. The molecule has 2 aliphatic rings. The van der Waals surface area contributed by atoms with Crippen molar-refractivity contribution < 1.29 is 23.7 Å². The molecule has 0 bridgehead atoms. The molecule has 130 valence electrons. The zero-order valence-corrected chi connectivity index (χ0v) is 14.0. The van der Waals surface area contributed by atoms with Gasteiger partial charge in [-0.25, -0.2) is 0 Å². The summed E-state index contributed by atoms with van der Waals surface area (Å²) in [5.74, 6) is 2.65. The van der Waals surface area contributed by atoms with Crippen LogP contribution < -0.4 is 24.3 Å². The molecule has 6 heteroatoms. The highest BCUT2D eigenvalue weighted by Crippen LogP contribution is 2.45. The van der Waals surface area contributed by atoms with Crippen LogP contribution in [0.15, 0.2) is 42.5 Å². The maximum absolute atomic E-state index is 12.2. The Hall–Kier alpha value is -3.41. The van der Waals surface area contributed by atoms with Crippen LogP contribution in [0.3, 0.4) is 0 Å². The zero-order valence-electron chi connectivity index (χ0n) is 14.0. The molecule has 1 amide bonds. The van der Waals surface area contributed by atoms with E-state index in [2.05, 4.69) is 5.32 Å². The zero-order chi connectivity index (χ0) is 17.7. The Balaban J connectivity index is 1.81. The van der Waals surface area contributed by atoms with Crippen molar-refractivity contribution in [2.24, 2.45) is 0 Å². The lowest BCUT2D eigenvalue weighted by Crippen LogP contribution is -2.17. The molecule has 0 saturated heterocycles. The van der Waals surface area contributed by atoms with Crippen molar-refractivity contribution in [1.82, 2.24) is 5.32 Å². The van der Waals surface area contributed by atoms with Gasteiger partial charge in [0.2, 0.25) is 13.6 Å². The summed E-state index contributed by atoms with van der Waals surface area (Å²) in [7, 11) is 1.62. The summed E-state index contributed by atoms with van der Waals surface area (Å²) in [5, 5.41) is 4.49. The van der Waals surface area contributed by atoms with E-state index < -0.39 is 0 Å². The Labute approximate surface area is 149 Å². The summed E-state index contributed by atoms with van der Waals surface area (Å²) >= 11 is 0. The van der Waals surface area contributed by atoms with Crippen LogP contribution in [0.4, 0.5) is 0 Å². The number of fused-ring (bicyclic) bond motifs is 4. The van der Waals surface area contributed by atoms with Crippen LogP contribution in [-0.4, -0.2) is 26.5 Å². The molecule has 0 saturated carbocycles. The highest BCUT2D eigenvalue weighted by atomic mass is 16.7. The number of ether oxygens (including phenoxy) is 4. The summed E-state index contributed by atoms with van der Waals surface area (Å²) in [6.07, 6.45) is 0. The van der Waals surface area contributed by atoms with Crippen molar-refractivity contribution in [3.05, 3.63) is 48.0 Å². The lowest BCUT2D eigenvalue weighted by atomic mass is 9.94. The average Bonchev–Trinajstić information content (AvgIpc) is 3.34. The second kappa shape index (κ2) is 5.56. The first-order chi connectivity index (χ1) is 12.7. The van der Waals surface area contributed by atoms with Gasteiger partial charge >= 0.3 is 0 Å². The van der Waals surface area contributed by atoms with Crippen LogP contribution in [0.1, 0.15) is 10.4 Å². The molecule has 0 atom stereocenters. The molecule has 3 aromatic carbocycles. The number of hydrogen-bond donors (Lipinski definition) is 1. The molecule has 26 heavy (non-hydrogen) atoms.